The number of para-hydroxylation sites is 1. The lowest BCUT2D eigenvalue weighted by atomic mass is 10.2. The first-order valence-corrected chi connectivity index (χ1v) is 8.89. The van der Waals surface area contributed by atoms with Crippen molar-refractivity contribution in [2.45, 2.75) is 37.6 Å². The fraction of sp³-hybridized carbons (Fsp3) is 0.400. The molecule has 0 spiro atoms. The first kappa shape index (κ1) is 16.8. The molecule has 22 heavy (non-hydrogen) atoms. The summed E-state index contributed by atoms with van der Waals surface area (Å²) in [6.07, 6.45) is 0.476. The summed E-state index contributed by atoms with van der Waals surface area (Å²) in [7, 11) is 0. The maximum atomic E-state index is 12.1. The molecule has 0 saturated carbocycles. The number of amides is 1. The third-order valence-electron chi connectivity index (χ3n) is 2.83. The molecule has 1 N–H and O–H groups in total. The Morgan fingerprint density at radius 1 is 1.41 bits per heavy atom. The van der Waals surface area contributed by atoms with Crippen LogP contribution in [-0.4, -0.2) is 28.0 Å². The lowest BCUT2D eigenvalue weighted by Crippen LogP contribution is -2.30. The van der Waals surface area contributed by atoms with E-state index in [1.165, 1.54) is 11.3 Å². The molecular formula is C15H19N3O2S2. The van der Waals surface area contributed by atoms with E-state index in [1.807, 2.05) is 31.2 Å². The van der Waals surface area contributed by atoms with Gasteiger partial charge in [-0.3, -0.25) is 10.1 Å². The molecule has 1 heterocycles. The van der Waals surface area contributed by atoms with Crippen LogP contribution in [0.3, 0.4) is 0 Å². The van der Waals surface area contributed by atoms with E-state index < -0.39 is 6.10 Å². The molecule has 1 aromatic heterocycles. The van der Waals surface area contributed by atoms with Crippen LogP contribution in [-0.2, 0) is 4.79 Å². The molecule has 2 rings (SSSR count). The molecule has 0 aliphatic carbocycles. The topological polar surface area (TPSA) is 64.1 Å². The van der Waals surface area contributed by atoms with Crippen LogP contribution < -0.4 is 10.1 Å². The third kappa shape index (κ3) is 4.71. The molecule has 0 fully saturated rings. The zero-order chi connectivity index (χ0) is 15.9. The number of carbonyl (C=O) groups excluding carboxylic acids is 1. The Bertz CT molecular complexity index is 631. The number of rotatable bonds is 7. The van der Waals surface area contributed by atoms with Gasteiger partial charge in [0.1, 0.15) is 5.75 Å². The highest BCUT2D eigenvalue weighted by molar-refractivity contribution is 8.01. The number of ether oxygens (including phenoxy) is 1. The molecule has 2 aromatic rings. The zero-order valence-corrected chi connectivity index (χ0v) is 14.5. The average molecular weight is 337 g/mol. The van der Waals surface area contributed by atoms with Gasteiger partial charge in [0.25, 0.3) is 5.91 Å². The lowest BCUT2D eigenvalue weighted by molar-refractivity contribution is -0.122. The summed E-state index contributed by atoms with van der Waals surface area (Å²) in [5.74, 6) is 1.48. The van der Waals surface area contributed by atoms with Gasteiger partial charge >= 0.3 is 0 Å². The van der Waals surface area contributed by atoms with Gasteiger partial charge in [-0.25, -0.2) is 0 Å². The Morgan fingerprint density at radius 2 is 2.18 bits per heavy atom. The van der Waals surface area contributed by atoms with E-state index in [0.717, 1.165) is 22.1 Å². The Hall–Kier alpha value is -1.60. The number of carbonyl (C=O) groups is 1. The van der Waals surface area contributed by atoms with Crippen LogP contribution in [0, 0.1) is 6.92 Å². The second kappa shape index (κ2) is 8.14. The van der Waals surface area contributed by atoms with Crippen molar-refractivity contribution < 1.29 is 9.53 Å². The van der Waals surface area contributed by atoms with Crippen LogP contribution in [0.1, 0.15) is 25.8 Å². The van der Waals surface area contributed by atoms with Crippen LogP contribution in [0.4, 0.5) is 5.13 Å². The minimum absolute atomic E-state index is 0.230. The second-order valence-electron chi connectivity index (χ2n) is 4.74. The first-order valence-electron chi connectivity index (χ1n) is 7.09. The summed E-state index contributed by atoms with van der Waals surface area (Å²) >= 11 is 3.02. The van der Waals surface area contributed by atoms with Crippen molar-refractivity contribution in [3.63, 3.8) is 0 Å². The quantitative estimate of drug-likeness (QED) is 0.616. The normalized spacial score (nSPS) is 12.0. The Kier molecular flexibility index (Phi) is 6.21. The van der Waals surface area contributed by atoms with Gasteiger partial charge in [0.05, 0.1) is 0 Å². The van der Waals surface area contributed by atoms with Crippen LogP contribution in [0.2, 0.25) is 0 Å². The maximum absolute atomic E-state index is 12.1. The molecular weight excluding hydrogens is 318 g/mol. The number of benzene rings is 1. The Labute approximate surface area is 138 Å². The van der Waals surface area contributed by atoms with Crippen molar-refractivity contribution in [2.24, 2.45) is 0 Å². The molecule has 1 aromatic carbocycles. The molecule has 0 bridgehead atoms. The summed E-state index contributed by atoms with van der Waals surface area (Å²) in [6.45, 7) is 5.78. The lowest BCUT2D eigenvalue weighted by Gasteiger charge is -2.15. The first-order chi connectivity index (χ1) is 10.6. The van der Waals surface area contributed by atoms with Crippen molar-refractivity contribution in [3.05, 3.63) is 29.8 Å². The number of nitrogens with zero attached hydrogens (tertiary/aromatic N) is 2. The minimum Gasteiger partial charge on any atom is -0.481 e. The molecule has 0 radical (unpaired) electrons. The van der Waals surface area contributed by atoms with Gasteiger partial charge < -0.3 is 4.74 Å². The summed E-state index contributed by atoms with van der Waals surface area (Å²) in [5.41, 5.74) is 0.997. The van der Waals surface area contributed by atoms with E-state index >= 15 is 0 Å². The molecule has 1 amide bonds. The van der Waals surface area contributed by atoms with Gasteiger partial charge in [0, 0.05) is 5.75 Å². The highest BCUT2D eigenvalue weighted by atomic mass is 32.2. The van der Waals surface area contributed by atoms with Crippen molar-refractivity contribution in [3.8, 4) is 5.75 Å². The minimum atomic E-state index is -0.600. The predicted molar refractivity (Wildman–Crippen MR) is 90.8 cm³/mol. The number of anilines is 1. The number of hydrogen-bond donors (Lipinski definition) is 1. The molecule has 0 saturated heterocycles. The molecule has 0 aliphatic heterocycles. The van der Waals surface area contributed by atoms with Crippen LogP contribution >= 0.6 is 23.1 Å². The summed E-state index contributed by atoms with van der Waals surface area (Å²) < 4.78 is 6.56. The van der Waals surface area contributed by atoms with Gasteiger partial charge in [0.15, 0.2) is 10.4 Å². The molecule has 0 unspecified atom stereocenters. The standard InChI is InChI=1S/C15H19N3O2S2/c1-4-9-21-15-18-17-14(22-15)16-13(19)11(3)20-12-8-6-5-7-10(12)2/h5-8,11H,4,9H2,1-3H3,(H,16,17,19)/t11-/m0/s1. The van der Waals surface area contributed by atoms with Crippen molar-refractivity contribution in [1.29, 1.82) is 0 Å². The number of aromatic nitrogens is 2. The molecule has 0 aliphatic rings. The number of thioether (sulfide) groups is 1. The van der Waals surface area contributed by atoms with E-state index in [2.05, 4.69) is 22.4 Å². The van der Waals surface area contributed by atoms with Crippen molar-refractivity contribution >= 4 is 34.1 Å². The Morgan fingerprint density at radius 3 is 2.91 bits per heavy atom. The molecule has 1 atom stereocenters. The highest BCUT2D eigenvalue weighted by Crippen LogP contribution is 2.26. The smallest absolute Gasteiger partial charge is 0.266 e. The summed E-state index contributed by atoms with van der Waals surface area (Å²) in [6, 6.07) is 7.62. The fourth-order valence-corrected chi connectivity index (χ4v) is 3.33. The summed E-state index contributed by atoms with van der Waals surface area (Å²) in [4.78, 5) is 12.1. The van der Waals surface area contributed by atoms with Crippen LogP contribution in [0.5, 0.6) is 5.75 Å². The van der Waals surface area contributed by atoms with Crippen LogP contribution in [0.25, 0.3) is 0 Å². The zero-order valence-electron chi connectivity index (χ0n) is 12.8. The predicted octanol–water partition coefficient (Wildman–Crippen LogP) is 3.75. The Balaban J connectivity index is 1.91. The van der Waals surface area contributed by atoms with E-state index in [1.54, 1.807) is 18.7 Å². The SMILES string of the molecule is CCCSc1nnc(NC(=O)[C@H](C)Oc2ccccc2C)s1. The fourth-order valence-electron chi connectivity index (χ4n) is 1.65. The second-order valence-corrected chi connectivity index (χ2v) is 7.06. The maximum Gasteiger partial charge on any atom is 0.266 e. The average Bonchev–Trinajstić information content (AvgIpc) is 2.94. The highest BCUT2D eigenvalue weighted by Gasteiger charge is 2.17. The van der Waals surface area contributed by atoms with Gasteiger partial charge in [-0.15, -0.1) is 10.2 Å². The summed E-state index contributed by atoms with van der Waals surface area (Å²) in [5, 5.41) is 11.3. The van der Waals surface area contributed by atoms with Gasteiger partial charge in [-0.05, 0) is 31.9 Å². The van der Waals surface area contributed by atoms with Crippen LogP contribution in [0.15, 0.2) is 28.6 Å². The van der Waals surface area contributed by atoms with Gasteiger partial charge in [0.2, 0.25) is 5.13 Å². The van der Waals surface area contributed by atoms with E-state index in [9.17, 15) is 4.79 Å². The molecule has 118 valence electrons. The van der Waals surface area contributed by atoms with Gasteiger partial charge in [-0.2, -0.15) is 0 Å². The van der Waals surface area contributed by atoms with E-state index in [-0.39, 0.29) is 5.91 Å². The largest absolute Gasteiger partial charge is 0.481 e. The van der Waals surface area contributed by atoms with E-state index in [0.29, 0.717) is 10.9 Å². The van der Waals surface area contributed by atoms with Crippen molar-refractivity contribution in [1.82, 2.24) is 10.2 Å². The third-order valence-corrected chi connectivity index (χ3v) is 5.01. The van der Waals surface area contributed by atoms with Gasteiger partial charge in [-0.1, -0.05) is 48.2 Å². The number of aryl methyl sites for hydroxylation is 1. The van der Waals surface area contributed by atoms with E-state index in [4.69, 9.17) is 4.74 Å². The van der Waals surface area contributed by atoms with Crippen molar-refractivity contribution in [2.75, 3.05) is 11.1 Å². The monoisotopic (exact) mass is 337 g/mol. The number of nitrogens with one attached hydrogen (secondary N) is 1. The molecule has 5 nitrogen and oxygen atoms in total. The number of hydrogen-bond acceptors (Lipinski definition) is 6. The molecule has 7 heteroatoms.